The van der Waals surface area contributed by atoms with E-state index in [1.54, 1.807) is 31.0 Å². The third-order valence-electron chi connectivity index (χ3n) is 4.25. The predicted octanol–water partition coefficient (Wildman–Crippen LogP) is 4.03. The summed E-state index contributed by atoms with van der Waals surface area (Å²) in [5.41, 5.74) is 2.47. The molecule has 0 saturated heterocycles. The lowest BCUT2D eigenvalue weighted by molar-refractivity contribution is -0.275. The quantitative estimate of drug-likeness (QED) is 0.789. The van der Waals surface area contributed by atoms with Crippen molar-refractivity contribution in [1.29, 1.82) is 0 Å². The van der Waals surface area contributed by atoms with Crippen LogP contribution in [0.15, 0.2) is 48.5 Å². The fraction of sp³-hybridized carbons (Fsp3) is 0.350. The molecule has 0 bridgehead atoms. The molecule has 0 radical (unpaired) electrons. The van der Waals surface area contributed by atoms with E-state index in [1.807, 2.05) is 31.2 Å². The molecule has 4 nitrogen and oxygen atoms in total. The minimum absolute atomic E-state index is 0.144. The number of halogens is 3. The van der Waals surface area contributed by atoms with E-state index in [2.05, 4.69) is 10.1 Å². The van der Waals surface area contributed by atoms with E-state index in [4.69, 9.17) is 0 Å². The van der Waals surface area contributed by atoms with Gasteiger partial charge in [-0.3, -0.25) is 9.69 Å². The van der Waals surface area contributed by atoms with E-state index >= 15 is 0 Å². The number of para-hydroxylation sites is 1. The Hall–Kier alpha value is -2.54. The normalized spacial score (nSPS) is 12.7. The fourth-order valence-corrected chi connectivity index (χ4v) is 2.51. The van der Waals surface area contributed by atoms with Crippen molar-refractivity contribution >= 4 is 5.91 Å². The molecule has 1 unspecified atom stereocenters. The monoisotopic (exact) mass is 380 g/mol. The molecule has 2 aromatic rings. The van der Waals surface area contributed by atoms with E-state index in [-0.39, 0.29) is 18.2 Å². The number of amides is 1. The van der Waals surface area contributed by atoms with Gasteiger partial charge in [-0.05, 0) is 32.5 Å². The number of hydrogen-bond acceptors (Lipinski definition) is 3. The Morgan fingerprint density at radius 3 is 2.41 bits per heavy atom. The highest BCUT2D eigenvalue weighted by Crippen LogP contribution is 2.27. The Morgan fingerprint density at radius 1 is 1.15 bits per heavy atom. The summed E-state index contributed by atoms with van der Waals surface area (Å²) in [4.78, 5) is 14.0. The highest BCUT2D eigenvalue weighted by molar-refractivity contribution is 5.81. The maximum atomic E-state index is 12.5. The second-order valence-electron chi connectivity index (χ2n) is 6.45. The second kappa shape index (κ2) is 8.90. The predicted molar refractivity (Wildman–Crippen MR) is 97.1 cm³/mol. The van der Waals surface area contributed by atoms with Gasteiger partial charge >= 0.3 is 6.36 Å². The fourth-order valence-electron chi connectivity index (χ4n) is 2.51. The zero-order valence-corrected chi connectivity index (χ0v) is 15.5. The average Bonchev–Trinajstić information content (AvgIpc) is 2.60. The molecular formula is C20H23F3N2O2. The number of nitrogens with one attached hydrogen (secondary N) is 1. The Bertz CT molecular complexity index is 761. The van der Waals surface area contributed by atoms with Crippen LogP contribution in [0, 0.1) is 6.92 Å². The number of alkyl halides is 3. The van der Waals surface area contributed by atoms with Gasteiger partial charge in [0, 0.05) is 18.7 Å². The summed E-state index contributed by atoms with van der Waals surface area (Å²) >= 11 is 0. The van der Waals surface area contributed by atoms with Crippen LogP contribution in [0.4, 0.5) is 13.2 Å². The molecule has 0 spiro atoms. The van der Waals surface area contributed by atoms with Crippen molar-refractivity contribution in [3.8, 4) is 5.75 Å². The number of aryl methyl sites for hydroxylation is 1. The summed E-state index contributed by atoms with van der Waals surface area (Å²) in [5, 5.41) is 2.85. The van der Waals surface area contributed by atoms with Crippen molar-refractivity contribution in [2.24, 2.45) is 0 Å². The van der Waals surface area contributed by atoms with Crippen molar-refractivity contribution in [3.05, 3.63) is 65.2 Å². The maximum absolute atomic E-state index is 12.5. The van der Waals surface area contributed by atoms with Gasteiger partial charge in [-0.2, -0.15) is 0 Å². The van der Waals surface area contributed by atoms with Crippen molar-refractivity contribution < 1.29 is 22.7 Å². The van der Waals surface area contributed by atoms with E-state index in [0.29, 0.717) is 12.1 Å². The molecule has 1 atom stereocenters. The Kier molecular flexibility index (Phi) is 6.85. The number of ether oxygens (including phenoxy) is 1. The molecule has 27 heavy (non-hydrogen) atoms. The second-order valence-corrected chi connectivity index (χ2v) is 6.45. The SMILES string of the molecule is Cc1ccc(CNC(=O)C(C)N(C)Cc2ccccc2OC(F)(F)F)cc1. The van der Waals surface area contributed by atoms with Crippen LogP contribution in [0.1, 0.15) is 23.6 Å². The topological polar surface area (TPSA) is 41.6 Å². The third kappa shape index (κ3) is 6.60. The minimum atomic E-state index is -4.76. The molecule has 0 aliphatic rings. The lowest BCUT2D eigenvalue weighted by Gasteiger charge is -2.25. The molecule has 1 amide bonds. The lowest BCUT2D eigenvalue weighted by atomic mass is 10.1. The summed E-state index contributed by atoms with van der Waals surface area (Å²) in [6, 6.07) is 13.2. The Balaban J connectivity index is 1.95. The minimum Gasteiger partial charge on any atom is -0.405 e. The van der Waals surface area contributed by atoms with Crippen LogP contribution >= 0.6 is 0 Å². The summed E-state index contributed by atoms with van der Waals surface area (Å²) in [6.45, 7) is 4.23. The molecule has 0 fully saturated rings. The van der Waals surface area contributed by atoms with E-state index in [0.717, 1.165) is 11.1 Å². The van der Waals surface area contributed by atoms with Crippen molar-refractivity contribution in [3.63, 3.8) is 0 Å². The summed E-state index contributed by atoms with van der Waals surface area (Å²) in [7, 11) is 1.68. The lowest BCUT2D eigenvalue weighted by Crippen LogP contribution is -2.42. The molecule has 2 aromatic carbocycles. The third-order valence-corrected chi connectivity index (χ3v) is 4.25. The van der Waals surface area contributed by atoms with Gasteiger partial charge in [-0.1, -0.05) is 48.0 Å². The molecule has 0 aliphatic carbocycles. The van der Waals surface area contributed by atoms with Crippen molar-refractivity contribution in [2.75, 3.05) is 7.05 Å². The van der Waals surface area contributed by atoms with Crippen molar-refractivity contribution in [2.45, 2.75) is 39.3 Å². The van der Waals surface area contributed by atoms with Gasteiger partial charge in [-0.25, -0.2) is 0 Å². The Morgan fingerprint density at radius 2 is 1.78 bits per heavy atom. The Labute approximate surface area is 156 Å². The number of likely N-dealkylation sites (N-methyl/N-ethyl adjacent to an activating group) is 1. The zero-order chi connectivity index (χ0) is 20.0. The van der Waals surface area contributed by atoms with Crippen molar-refractivity contribution in [1.82, 2.24) is 10.2 Å². The van der Waals surface area contributed by atoms with Crippen LogP contribution < -0.4 is 10.1 Å². The van der Waals surface area contributed by atoms with Gasteiger partial charge in [-0.15, -0.1) is 13.2 Å². The number of benzene rings is 2. The number of rotatable bonds is 7. The van der Waals surface area contributed by atoms with Gasteiger partial charge in [0.2, 0.25) is 5.91 Å². The molecule has 7 heteroatoms. The average molecular weight is 380 g/mol. The maximum Gasteiger partial charge on any atom is 0.573 e. The van der Waals surface area contributed by atoms with Crippen LogP contribution in [0.3, 0.4) is 0 Å². The number of carbonyl (C=O) groups is 1. The number of hydrogen-bond donors (Lipinski definition) is 1. The van der Waals surface area contributed by atoms with E-state index < -0.39 is 12.4 Å². The first-order valence-corrected chi connectivity index (χ1v) is 8.53. The molecule has 1 N–H and O–H groups in total. The van der Waals surface area contributed by atoms with Gasteiger partial charge < -0.3 is 10.1 Å². The number of nitrogens with zero attached hydrogens (tertiary/aromatic N) is 1. The molecule has 2 rings (SSSR count). The van der Waals surface area contributed by atoms with Gasteiger partial charge in [0.15, 0.2) is 0 Å². The molecule has 0 aliphatic heterocycles. The zero-order valence-electron chi connectivity index (χ0n) is 15.5. The molecule has 0 heterocycles. The standard InChI is InChI=1S/C20H23F3N2O2/c1-14-8-10-16(11-9-14)12-24-19(26)15(2)25(3)13-17-6-4-5-7-18(17)27-20(21,22)23/h4-11,15H,12-13H2,1-3H3,(H,24,26). The highest BCUT2D eigenvalue weighted by atomic mass is 19.4. The largest absolute Gasteiger partial charge is 0.573 e. The van der Waals surface area contributed by atoms with Crippen LogP contribution in [-0.2, 0) is 17.9 Å². The van der Waals surface area contributed by atoms with Crippen LogP contribution in [-0.4, -0.2) is 30.3 Å². The smallest absolute Gasteiger partial charge is 0.405 e. The van der Waals surface area contributed by atoms with Crippen LogP contribution in [0.25, 0.3) is 0 Å². The highest BCUT2D eigenvalue weighted by Gasteiger charge is 2.32. The summed E-state index contributed by atoms with van der Waals surface area (Å²) in [6.07, 6.45) is -4.76. The van der Waals surface area contributed by atoms with E-state index in [1.165, 1.54) is 12.1 Å². The van der Waals surface area contributed by atoms with Gasteiger partial charge in [0.1, 0.15) is 5.75 Å². The molecule has 146 valence electrons. The van der Waals surface area contributed by atoms with E-state index in [9.17, 15) is 18.0 Å². The number of carbonyl (C=O) groups excluding carboxylic acids is 1. The van der Waals surface area contributed by atoms with Gasteiger partial charge in [0.25, 0.3) is 0 Å². The summed E-state index contributed by atoms with van der Waals surface area (Å²) in [5.74, 6) is -0.462. The van der Waals surface area contributed by atoms with Gasteiger partial charge in [0.05, 0.1) is 6.04 Å². The summed E-state index contributed by atoms with van der Waals surface area (Å²) < 4.78 is 41.7. The molecule has 0 saturated carbocycles. The molecular weight excluding hydrogens is 357 g/mol. The van der Waals surface area contributed by atoms with Crippen LogP contribution in [0.5, 0.6) is 5.75 Å². The molecule has 0 aromatic heterocycles. The first kappa shape index (κ1) is 20.8. The first-order valence-electron chi connectivity index (χ1n) is 8.53. The first-order chi connectivity index (χ1) is 12.7. The van der Waals surface area contributed by atoms with Crippen LogP contribution in [0.2, 0.25) is 0 Å².